The van der Waals surface area contributed by atoms with Crippen LogP contribution in [-0.2, 0) is 11.2 Å². The Morgan fingerprint density at radius 1 is 1.45 bits per heavy atom. The van der Waals surface area contributed by atoms with E-state index in [2.05, 4.69) is 4.99 Å². The molecule has 5 nitrogen and oxygen atoms in total. The van der Waals surface area contributed by atoms with Crippen molar-refractivity contribution in [1.29, 1.82) is 0 Å². The van der Waals surface area contributed by atoms with Crippen LogP contribution in [0, 0.1) is 5.82 Å². The number of carbonyl (C=O) groups excluding carboxylic acids is 1. The van der Waals surface area contributed by atoms with Crippen molar-refractivity contribution in [3.8, 4) is 0 Å². The van der Waals surface area contributed by atoms with Gasteiger partial charge in [0.25, 0.3) is 0 Å². The maximum absolute atomic E-state index is 13.8. The molecule has 0 spiro atoms. The molecule has 0 bridgehead atoms. The number of halogens is 1. The van der Waals surface area contributed by atoms with E-state index < -0.39 is 11.6 Å². The topological polar surface area (TPSA) is 67.9 Å². The van der Waals surface area contributed by atoms with Crippen molar-refractivity contribution in [1.82, 2.24) is 4.90 Å². The first-order chi connectivity index (χ1) is 9.49. The van der Waals surface area contributed by atoms with Gasteiger partial charge >= 0.3 is 6.03 Å². The summed E-state index contributed by atoms with van der Waals surface area (Å²) in [5.74, 6) is -0.102. The molecular weight excluding hydrogens is 261 g/mol. The van der Waals surface area contributed by atoms with E-state index in [1.54, 1.807) is 32.2 Å². The molecule has 0 aromatic heterocycles. The first kappa shape index (κ1) is 14.5. The Balaban J connectivity index is 2.28. The normalized spacial score (nSPS) is 22.2. The molecule has 0 aliphatic carbocycles. The molecule has 1 aliphatic rings. The zero-order valence-corrected chi connectivity index (χ0v) is 11.6. The fraction of sp³-hybridized carbons (Fsp3) is 0.429. The maximum Gasteiger partial charge on any atom is 0.346 e. The lowest BCUT2D eigenvalue weighted by Crippen LogP contribution is -2.54. The van der Waals surface area contributed by atoms with E-state index >= 15 is 0 Å². The van der Waals surface area contributed by atoms with Crippen LogP contribution in [0.5, 0.6) is 0 Å². The zero-order chi connectivity index (χ0) is 14.8. The highest BCUT2D eigenvalue weighted by Crippen LogP contribution is 2.28. The molecule has 108 valence electrons. The lowest BCUT2D eigenvalue weighted by Gasteiger charge is -2.34. The summed E-state index contributed by atoms with van der Waals surface area (Å²) in [7, 11) is 1.55. The number of hydrogen-bond acceptors (Lipinski definition) is 3. The van der Waals surface area contributed by atoms with E-state index in [1.165, 1.54) is 11.0 Å². The molecule has 20 heavy (non-hydrogen) atoms. The van der Waals surface area contributed by atoms with Crippen molar-refractivity contribution in [3.05, 3.63) is 35.6 Å². The first-order valence-electron chi connectivity index (χ1n) is 6.37. The number of benzene rings is 1. The average molecular weight is 279 g/mol. The smallest absolute Gasteiger partial charge is 0.346 e. The fourth-order valence-corrected chi connectivity index (χ4v) is 2.36. The van der Waals surface area contributed by atoms with Crippen molar-refractivity contribution in [2.75, 3.05) is 20.3 Å². The Morgan fingerprint density at radius 3 is 2.80 bits per heavy atom. The predicted molar refractivity (Wildman–Crippen MR) is 74.1 cm³/mol. The van der Waals surface area contributed by atoms with Gasteiger partial charge in [0, 0.05) is 20.1 Å². The molecular formula is C14H18FN3O2. The number of methoxy groups -OCH3 is 1. The van der Waals surface area contributed by atoms with Gasteiger partial charge in [-0.2, -0.15) is 4.99 Å². The number of hydrogen-bond donors (Lipinski definition) is 1. The molecule has 1 atom stereocenters. The van der Waals surface area contributed by atoms with Crippen LogP contribution in [0.25, 0.3) is 0 Å². The van der Waals surface area contributed by atoms with Crippen LogP contribution < -0.4 is 5.73 Å². The van der Waals surface area contributed by atoms with Gasteiger partial charge in [-0.15, -0.1) is 0 Å². The minimum atomic E-state index is -0.822. The number of amidine groups is 1. The predicted octanol–water partition coefficient (Wildman–Crippen LogP) is 1.57. The summed E-state index contributed by atoms with van der Waals surface area (Å²) in [6.45, 7) is 2.53. The zero-order valence-electron chi connectivity index (χ0n) is 11.6. The Morgan fingerprint density at radius 2 is 2.15 bits per heavy atom. The minimum absolute atomic E-state index is 0.210. The van der Waals surface area contributed by atoms with Crippen molar-refractivity contribution < 1.29 is 13.9 Å². The van der Waals surface area contributed by atoms with Gasteiger partial charge in [-0.05, 0) is 18.6 Å². The van der Waals surface area contributed by atoms with Gasteiger partial charge in [-0.1, -0.05) is 18.2 Å². The summed E-state index contributed by atoms with van der Waals surface area (Å²) in [4.78, 5) is 17.2. The largest absolute Gasteiger partial charge is 0.385 e. The molecule has 2 amide bonds. The second-order valence-corrected chi connectivity index (χ2v) is 4.97. The molecule has 1 aromatic rings. The molecule has 0 fully saturated rings. The van der Waals surface area contributed by atoms with E-state index in [1.807, 2.05) is 0 Å². The van der Waals surface area contributed by atoms with Crippen molar-refractivity contribution in [2.45, 2.75) is 18.9 Å². The first-order valence-corrected chi connectivity index (χ1v) is 6.37. The lowest BCUT2D eigenvalue weighted by molar-refractivity contribution is 0.127. The summed E-state index contributed by atoms with van der Waals surface area (Å²) < 4.78 is 18.8. The minimum Gasteiger partial charge on any atom is -0.385 e. The van der Waals surface area contributed by atoms with Crippen LogP contribution in [0.3, 0.4) is 0 Å². The molecule has 2 N–H and O–H groups in total. The third-order valence-electron chi connectivity index (χ3n) is 3.61. The number of nitrogens with zero attached hydrogens (tertiary/aromatic N) is 2. The van der Waals surface area contributed by atoms with E-state index in [-0.39, 0.29) is 18.1 Å². The second-order valence-electron chi connectivity index (χ2n) is 4.97. The molecule has 0 saturated heterocycles. The standard InChI is InChI=1S/C14H18FN3O2/c1-14(9-10-5-3-4-6-11(10)15)12(16)17-13(19)18(14)7-8-20-2/h3-6H,7-9H2,1-2H3,(H2,16,17,19). The van der Waals surface area contributed by atoms with Crippen molar-refractivity contribution >= 4 is 11.9 Å². The molecule has 2 rings (SSSR count). The quantitative estimate of drug-likeness (QED) is 0.889. The molecule has 1 heterocycles. The van der Waals surface area contributed by atoms with Crippen molar-refractivity contribution in [3.63, 3.8) is 0 Å². The maximum atomic E-state index is 13.8. The van der Waals surface area contributed by atoms with Crippen LogP contribution in [-0.4, -0.2) is 42.6 Å². The molecule has 1 aromatic carbocycles. The van der Waals surface area contributed by atoms with Gasteiger partial charge in [0.05, 0.1) is 6.61 Å². The average Bonchev–Trinajstić information content (AvgIpc) is 2.61. The number of carbonyl (C=O) groups is 1. The Kier molecular flexibility index (Phi) is 4.04. The lowest BCUT2D eigenvalue weighted by atomic mass is 9.90. The molecule has 0 saturated carbocycles. The Bertz CT molecular complexity index is 547. The molecule has 6 heteroatoms. The van der Waals surface area contributed by atoms with E-state index in [0.717, 1.165) is 0 Å². The van der Waals surface area contributed by atoms with Crippen LogP contribution in [0.4, 0.5) is 9.18 Å². The number of amides is 2. The third-order valence-corrected chi connectivity index (χ3v) is 3.61. The van der Waals surface area contributed by atoms with Gasteiger partial charge < -0.3 is 15.4 Å². The van der Waals surface area contributed by atoms with E-state index in [4.69, 9.17) is 10.5 Å². The Labute approximate surface area is 117 Å². The van der Waals surface area contributed by atoms with E-state index in [0.29, 0.717) is 18.7 Å². The molecule has 1 aliphatic heterocycles. The van der Waals surface area contributed by atoms with Gasteiger partial charge in [-0.25, -0.2) is 9.18 Å². The molecule has 1 unspecified atom stereocenters. The highest BCUT2D eigenvalue weighted by Gasteiger charge is 2.44. The van der Waals surface area contributed by atoms with Crippen LogP contribution in [0.15, 0.2) is 29.3 Å². The van der Waals surface area contributed by atoms with Crippen LogP contribution >= 0.6 is 0 Å². The van der Waals surface area contributed by atoms with Gasteiger partial charge in [0.15, 0.2) is 0 Å². The third kappa shape index (κ3) is 2.51. The summed E-state index contributed by atoms with van der Waals surface area (Å²) >= 11 is 0. The molecule has 0 radical (unpaired) electrons. The second kappa shape index (κ2) is 5.58. The number of ether oxygens (including phenoxy) is 1. The van der Waals surface area contributed by atoms with Gasteiger partial charge in [-0.3, -0.25) is 0 Å². The van der Waals surface area contributed by atoms with Crippen LogP contribution in [0.1, 0.15) is 12.5 Å². The SMILES string of the molecule is COCCN1C(=O)N=C(N)C1(C)Cc1ccccc1F. The number of urea groups is 1. The van der Waals surface area contributed by atoms with Gasteiger partial charge in [0.1, 0.15) is 17.2 Å². The Hall–Kier alpha value is -1.95. The summed E-state index contributed by atoms with van der Waals surface area (Å²) in [5.41, 5.74) is 5.57. The summed E-state index contributed by atoms with van der Waals surface area (Å²) in [6, 6.07) is 6.05. The fourth-order valence-electron chi connectivity index (χ4n) is 2.36. The number of nitrogens with two attached hydrogens (primary N) is 1. The number of aliphatic imine (C=N–C) groups is 1. The van der Waals surface area contributed by atoms with Crippen LogP contribution in [0.2, 0.25) is 0 Å². The monoisotopic (exact) mass is 279 g/mol. The number of rotatable bonds is 5. The summed E-state index contributed by atoms with van der Waals surface area (Å²) in [5, 5.41) is 0. The van der Waals surface area contributed by atoms with Crippen molar-refractivity contribution in [2.24, 2.45) is 10.7 Å². The van der Waals surface area contributed by atoms with Gasteiger partial charge in [0.2, 0.25) is 0 Å². The highest BCUT2D eigenvalue weighted by molar-refractivity contribution is 6.05. The highest BCUT2D eigenvalue weighted by atomic mass is 19.1. The summed E-state index contributed by atoms with van der Waals surface area (Å²) in [6.07, 6.45) is 0.282. The van der Waals surface area contributed by atoms with E-state index in [9.17, 15) is 9.18 Å².